The fourth-order valence-electron chi connectivity index (χ4n) is 9.12. The molecule has 0 aromatic rings. The molecule has 4 fully saturated rings. The molecule has 0 saturated carbocycles. The minimum absolute atomic E-state index is 0.0117. The predicted molar refractivity (Wildman–Crippen MR) is 210 cm³/mol. The Balaban J connectivity index is 1.87. The summed E-state index contributed by atoms with van der Waals surface area (Å²) in [6.45, 7) is 21.3. The molecule has 0 radical (unpaired) electrons. The summed E-state index contributed by atoms with van der Waals surface area (Å²) in [7, 11) is 5.03. The lowest BCUT2D eigenvalue weighted by Gasteiger charge is -2.49. The highest BCUT2D eigenvalue weighted by Crippen LogP contribution is 2.42. The van der Waals surface area contributed by atoms with Gasteiger partial charge in [-0.25, -0.2) is 4.99 Å². The van der Waals surface area contributed by atoms with Crippen LogP contribution < -0.4 is 5.32 Å². The highest BCUT2D eigenvalue weighted by Gasteiger charge is 2.55. The number of aliphatic imine (C=N–C) groups is 1. The number of fused-ring (bicyclic) bond motifs is 1. The van der Waals surface area contributed by atoms with Gasteiger partial charge in [0.05, 0.1) is 59.6 Å². The minimum atomic E-state index is -1.99. The van der Waals surface area contributed by atoms with Gasteiger partial charge in [-0.3, -0.25) is 9.59 Å². The lowest BCUT2D eigenvalue weighted by Crippen LogP contribution is -2.60. The lowest BCUT2D eigenvalue weighted by atomic mass is 9.78. The number of hydrogen-bond donors (Lipinski definition) is 4. The number of amidine groups is 1. The van der Waals surface area contributed by atoms with Gasteiger partial charge in [0.2, 0.25) is 5.91 Å². The van der Waals surface area contributed by atoms with Gasteiger partial charge in [-0.15, -0.1) is 0 Å². The van der Waals surface area contributed by atoms with Crippen molar-refractivity contribution >= 4 is 17.9 Å². The molecule has 0 unspecified atom stereocenters. The van der Waals surface area contributed by atoms with Gasteiger partial charge in [-0.1, -0.05) is 20.8 Å². The minimum Gasteiger partial charge on any atom is -0.459 e. The molecule has 4 aliphatic rings. The van der Waals surface area contributed by atoms with Gasteiger partial charge in [0, 0.05) is 45.7 Å². The van der Waals surface area contributed by atoms with Crippen LogP contribution in [0.25, 0.3) is 0 Å². The van der Waals surface area contributed by atoms with E-state index in [0.717, 1.165) is 0 Å². The first-order valence-electron chi connectivity index (χ1n) is 20.7. The van der Waals surface area contributed by atoms with Gasteiger partial charge in [0.25, 0.3) is 6.02 Å². The quantitative estimate of drug-likeness (QED) is 0.261. The Kier molecular flexibility index (Phi) is 15.5. The molecule has 4 N–H and O–H groups in total. The maximum absolute atomic E-state index is 14.4. The Morgan fingerprint density at radius 3 is 2.12 bits per heavy atom. The molecular formula is C41H73N3O13. The number of hydrogen-bond acceptors (Lipinski definition) is 14. The molecule has 330 valence electrons. The lowest BCUT2D eigenvalue weighted by molar-refractivity contribution is -0.314. The summed E-state index contributed by atoms with van der Waals surface area (Å²) < 4.78 is 51.4. The summed E-state index contributed by atoms with van der Waals surface area (Å²) in [6, 6.07) is -0.147. The van der Waals surface area contributed by atoms with E-state index in [4.69, 9.17) is 42.9 Å². The zero-order chi connectivity index (χ0) is 42.9. The molecule has 16 heteroatoms. The standard InChI is InChI=1S/C41H73N3O13/c1-16-28-41(12,49)32(45)25(8)35(47)43-21(4)18-40(11,51-15)34(57-37-31-27(17-22(5)52-37)44(13)38(56-31)42-20(2)3)23(6)30(24(7)36(48)54-28)55-29-19-39(10,50-14)33(46)26(9)53-29/h20-34,37,45-46,49H,16-19H2,1-15H3,(H,43,47)/t21-,22-,23+,24-,25-,26+,27+,28-,29+,30+,31-,32-,33+,34-,37-,39-,40-,41-/m1/s1. The Morgan fingerprint density at radius 2 is 1.54 bits per heavy atom. The van der Waals surface area contributed by atoms with E-state index in [1.54, 1.807) is 34.8 Å². The van der Waals surface area contributed by atoms with E-state index in [1.807, 2.05) is 53.5 Å². The van der Waals surface area contributed by atoms with E-state index >= 15 is 0 Å². The number of nitrogens with zero attached hydrogens (tertiary/aromatic N) is 2. The normalized spacial score (nSPS) is 47.5. The molecule has 0 spiro atoms. The number of rotatable bonds is 8. The van der Waals surface area contributed by atoms with Crippen LogP contribution >= 0.6 is 0 Å². The van der Waals surface area contributed by atoms with Crippen molar-refractivity contribution in [2.75, 3.05) is 21.3 Å². The molecule has 57 heavy (non-hydrogen) atoms. The van der Waals surface area contributed by atoms with E-state index < -0.39 is 108 Å². The summed E-state index contributed by atoms with van der Waals surface area (Å²) >= 11 is 0. The third-order valence-electron chi connectivity index (χ3n) is 12.9. The first kappa shape index (κ1) is 47.5. The molecular weight excluding hydrogens is 742 g/mol. The van der Waals surface area contributed by atoms with Crippen LogP contribution in [0, 0.1) is 17.8 Å². The molecule has 0 aliphatic carbocycles. The summed E-state index contributed by atoms with van der Waals surface area (Å²) in [4.78, 5) is 34.8. The maximum atomic E-state index is 14.4. The van der Waals surface area contributed by atoms with E-state index in [-0.39, 0.29) is 37.5 Å². The SMILES string of the molecule is CC[C@H]1OC(=O)[C@H](C)[C@@H](O[C@H]2C[C@@](C)(OC)[C@@H](O)[C@H](C)O2)[C@H](C)[C@@H](O[C@H]2O[C@H](C)C[C@H]3[C@H]2OC(=NC(C)C)N3C)[C@](C)(OC)C[C@@H](C)NC(=O)[C@H](C)[C@@H](O)[C@]1(C)O. The van der Waals surface area contributed by atoms with Crippen molar-refractivity contribution in [2.24, 2.45) is 22.7 Å². The van der Waals surface area contributed by atoms with Crippen molar-refractivity contribution in [3.8, 4) is 0 Å². The maximum Gasteiger partial charge on any atom is 0.311 e. The van der Waals surface area contributed by atoms with Crippen molar-refractivity contribution in [3.63, 3.8) is 0 Å². The average Bonchev–Trinajstić information content (AvgIpc) is 3.45. The number of likely N-dealkylation sites (N-methyl/N-ethyl adjacent to an activating group) is 1. The van der Waals surface area contributed by atoms with E-state index in [9.17, 15) is 24.9 Å². The van der Waals surface area contributed by atoms with Crippen molar-refractivity contribution < 1.29 is 62.8 Å². The van der Waals surface area contributed by atoms with Crippen LogP contribution in [0.4, 0.5) is 0 Å². The third kappa shape index (κ3) is 10.1. The second-order valence-corrected chi connectivity index (χ2v) is 18.0. The third-order valence-corrected chi connectivity index (χ3v) is 12.9. The van der Waals surface area contributed by atoms with Crippen LogP contribution in [0.2, 0.25) is 0 Å². The van der Waals surface area contributed by atoms with Crippen LogP contribution in [-0.2, 0) is 47.5 Å². The van der Waals surface area contributed by atoms with E-state index in [1.165, 1.54) is 21.0 Å². The topological polar surface area (TPSA) is 196 Å². The predicted octanol–water partition coefficient (Wildman–Crippen LogP) is 2.91. The molecule has 4 saturated heterocycles. The molecule has 4 heterocycles. The number of nitrogens with one attached hydrogen (secondary N) is 1. The molecule has 18 atom stereocenters. The highest BCUT2D eigenvalue weighted by molar-refractivity contribution is 5.79. The molecule has 4 aliphatic heterocycles. The number of ether oxygens (including phenoxy) is 8. The number of aliphatic hydroxyl groups excluding tert-OH is 2. The largest absolute Gasteiger partial charge is 0.459 e. The van der Waals surface area contributed by atoms with Crippen molar-refractivity contribution in [2.45, 2.75) is 205 Å². The molecule has 0 aromatic carbocycles. The smallest absolute Gasteiger partial charge is 0.311 e. The number of carbonyl (C=O) groups excluding carboxylic acids is 2. The number of cyclic esters (lactones) is 1. The van der Waals surface area contributed by atoms with Crippen molar-refractivity contribution in [1.29, 1.82) is 0 Å². The Bertz CT molecular complexity index is 1400. The number of esters is 1. The zero-order valence-corrected chi connectivity index (χ0v) is 36.9. The second kappa shape index (κ2) is 18.6. The van der Waals surface area contributed by atoms with Gasteiger partial charge < -0.3 is 63.4 Å². The number of aliphatic hydroxyl groups is 3. The van der Waals surface area contributed by atoms with Crippen LogP contribution in [0.3, 0.4) is 0 Å². The first-order chi connectivity index (χ1) is 26.4. The first-order valence-corrected chi connectivity index (χ1v) is 20.7. The zero-order valence-electron chi connectivity index (χ0n) is 36.9. The van der Waals surface area contributed by atoms with Crippen LogP contribution in [0.5, 0.6) is 0 Å². The van der Waals surface area contributed by atoms with Crippen molar-refractivity contribution in [1.82, 2.24) is 10.2 Å². The van der Waals surface area contributed by atoms with E-state index in [0.29, 0.717) is 12.4 Å². The van der Waals surface area contributed by atoms with Crippen LogP contribution in [0.15, 0.2) is 4.99 Å². The summed E-state index contributed by atoms with van der Waals surface area (Å²) in [5.41, 5.74) is -4.19. The highest BCUT2D eigenvalue weighted by atomic mass is 16.7. The van der Waals surface area contributed by atoms with Crippen LogP contribution in [0.1, 0.15) is 109 Å². The Morgan fingerprint density at radius 1 is 0.912 bits per heavy atom. The number of carbonyl (C=O) groups is 2. The van der Waals surface area contributed by atoms with E-state index in [2.05, 4.69) is 5.32 Å². The molecule has 0 bridgehead atoms. The van der Waals surface area contributed by atoms with Gasteiger partial charge >= 0.3 is 5.97 Å². The number of amides is 1. The summed E-state index contributed by atoms with van der Waals surface area (Å²) in [6.07, 6.45) is -7.73. The molecule has 16 nitrogen and oxygen atoms in total. The molecule has 1 amide bonds. The Labute approximate surface area is 339 Å². The Hall–Kier alpha value is -2.15. The average molecular weight is 816 g/mol. The van der Waals surface area contributed by atoms with Crippen molar-refractivity contribution in [3.05, 3.63) is 0 Å². The fraction of sp³-hybridized carbons (Fsp3) is 0.927. The van der Waals surface area contributed by atoms with Gasteiger partial charge in [-0.05, 0) is 81.6 Å². The second-order valence-electron chi connectivity index (χ2n) is 18.0. The fourth-order valence-corrected chi connectivity index (χ4v) is 9.12. The summed E-state index contributed by atoms with van der Waals surface area (Å²) in [5, 5.41) is 37.1. The van der Waals surface area contributed by atoms with Crippen LogP contribution in [-0.4, -0.2) is 156 Å². The van der Waals surface area contributed by atoms with Gasteiger partial charge in [-0.2, -0.15) is 0 Å². The van der Waals surface area contributed by atoms with Gasteiger partial charge in [0.1, 0.15) is 17.8 Å². The van der Waals surface area contributed by atoms with Gasteiger partial charge in [0.15, 0.2) is 18.7 Å². The molecule has 0 aromatic heterocycles. The monoisotopic (exact) mass is 816 g/mol. The molecule has 4 rings (SSSR count). The number of methoxy groups -OCH3 is 2. The summed E-state index contributed by atoms with van der Waals surface area (Å²) in [5.74, 6) is -3.97.